The number of hydrogen-bond donors (Lipinski definition) is 0. The summed E-state index contributed by atoms with van der Waals surface area (Å²) in [6.45, 7) is 5.22. The fraction of sp³-hybridized carbons (Fsp3) is 0.200. The first-order chi connectivity index (χ1) is 9.72. The van der Waals surface area contributed by atoms with Gasteiger partial charge in [0.05, 0.1) is 15.1 Å². The second kappa shape index (κ2) is 5.69. The molecule has 0 atom stereocenters. The summed E-state index contributed by atoms with van der Waals surface area (Å²) < 4.78 is 28.9. The molecule has 1 aliphatic rings. The Kier molecular flexibility index (Phi) is 4.30. The SMILES string of the molecule is CC1=CC(=O)C(Br)=C(C)/C1=N/S(=O)(=O)c1ccc(C)cc1. The van der Waals surface area contributed by atoms with Crippen LogP contribution in [0.15, 0.2) is 55.3 Å². The molecule has 0 spiro atoms. The Morgan fingerprint density at radius 2 is 1.62 bits per heavy atom. The molecule has 1 aliphatic carbocycles. The zero-order valence-electron chi connectivity index (χ0n) is 11.8. The van der Waals surface area contributed by atoms with Gasteiger partial charge in [0.25, 0.3) is 10.0 Å². The van der Waals surface area contributed by atoms with Crippen LogP contribution >= 0.6 is 15.9 Å². The average Bonchev–Trinajstić information content (AvgIpc) is 2.42. The molecule has 0 heterocycles. The first kappa shape index (κ1) is 15.9. The van der Waals surface area contributed by atoms with Crippen molar-refractivity contribution in [2.24, 2.45) is 4.40 Å². The number of ketones is 1. The highest BCUT2D eigenvalue weighted by atomic mass is 79.9. The van der Waals surface area contributed by atoms with E-state index in [0.29, 0.717) is 21.3 Å². The maximum absolute atomic E-state index is 12.4. The number of nitrogens with zero attached hydrogens (tertiary/aromatic N) is 1. The van der Waals surface area contributed by atoms with E-state index in [9.17, 15) is 13.2 Å². The molecule has 0 fully saturated rings. The van der Waals surface area contributed by atoms with E-state index in [1.54, 1.807) is 26.0 Å². The molecule has 1 aromatic rings. The third-order valence-corrected chi connectivity index (χ3v) is 5.43. The van der Waals surface area contributed by atoms with E-state index < -0.39 is 10.0 Å². The molecule has 21 heavy (non-hydrogen) atoms. The van der Waals surface area contributed by atoms with Crippen LogP contribution in [0, 0.1) is 6.92 Å². The molecule has 0 aliphatic heterocycles. The molecular formula is C15H14BrNO3S. The smallest absolute Gasteiger partial charge is 0.282 e. The number of allylic oxidation sites excluding steroid dienone is 4. The molecule has 0 N–H and O–H groups in total. The first-order valence-corrected chi connectivity index (χ1v) is 8.47. The number of halogens is 1. The Balaban J connectivity index is 2.54. The monoisotopic (exact) mass is 367 g/mol. The summed E-state index contributed by atoms with van der Waals surface area (Å²) in [7, 11) is -3.80. The molecule has 110 valence electrons. The van der Waals surface area contributed by atoms with Gasteiger partial charge in [-0.15, -0.1) is 0 Å². The number of carbonyl (C=O) groups excluding carboxylic acids is 1. The normalized spacial score (nSPS) is 18.2. The molecular weight excluding hydrogens is 354 g/mol. The van der Waals surface area contributed by atoms with Crippen LogP contribution in [0.2, 0.25) is 0 Å². The van der Waals surface area contributed by atoms with E-state index in [1.807, 2.05) is 6.92 Å². The van der Waals surface area contributed by atoms with Gasteiger partial charge in [-0.1, -0.05) is 17.7 Å². The van der Waals surface area contributed by atoms with Gasteiger partial charge in [0.1, 0.15) is 0 Å². The van der Waals surface area contributed by atoms with Crippen LogP contribution < -0.4 is 0 Å². The molecule has 2 rings (SSSR count). The lowest BCUT2D eigenvalue weighted by Crippen LogP contribution is -2.16. The van der Waals surface area contributed by atoms with Crippen LogP contribution in [-0.4, -0.2) is 19.9 Å². The van der Waals surface area contributed by atoms with Gasteiger partial charge in [0.2, 0.25) is 0 Å². The Morgan fingerprint density at radius 3 is 2.19 bits per heavy atom. The second-order valence-corrected chi connectivity index (χ2v) is 7.26. The van der Waals surface area contributed by atoms with Crippen LogP contribution in [0.1, 0.15) is 19.4 Å². The van der Waals surface area contributed by atoms with Crippen LogP contribution in [0.3, 0.4) is 0 Å². The van der Waals surface area contributed by atoms with Gasteiger partial charge >= 0.3 is 0 Å². The molecule has 4 nitrogen and oxygen atoms in total. The minimum atomic E-state index is -3.80. The van der Waals surface area contributed by atoms with Crippen LogP contribution in [0.5, 0.6) is 0 Å². The predicted molar refractivity (Wildman–Crippen MR) is 86.2 cm³/mol. The number of benzene rings is 1. The van der Waals surface area contributed by atoms with E-state index in [1.165, 1.54) is 18.2 Å². The summed E-state index contributed by atoms with van der Waals surface area (Å²) in [5, 5.41) is 0. The molecule has 0 radical (unpaired) electrons. The number of carbonyl (C=O) groups is 1. The first-order valence-electron chi connectivity index (χ1n) is 6.24. The number of hydrogen-bond acceptors (Lipinski definition) is 3. The van der Waals surface area contributed by atoms with E-state index in [0.717, 1.165) is 5.56 Å². The van der Waals surface area contributed by atoms with Crippen molar-refractivity contribution in [3.63, 3.8) is 0 Å². The summed E-state index contributed by atoms with van der Waals surface area (Å²) in [4.78, 5) is 11.8. The predicted octanol–water partition coefficient (Wildman–Crippen LogP) is 3.32. The van der Waals surface area contributed by atoms with Crippen molar-refractivity contribution in [3.8, 4) is 0 Å². The topological polar surface area (TPSA) is 63.6 Å². The van der Waals surface area contributed by atoms with Crippen LogP contribution in [0.4, 0.5) is 0 Å². The quantitative estimate of drug-likeness (QED) is 0.753. The van der Waals surface area contributed by atoms with Gasteiger partial charge in [-0.2, -0.15) is 12.8 Å². The molecule has 0 amide bonds. The van der Waals surface area contributed by atoms with Gasteiger partial charge in [-0.05, 0) is 66.1 Å². The molecule has 0 aromatic heterocycles. The van der Waals surface area contributed by atoms with Gasteiger partial charge in [0, 0.05) is 0 Å². The van der Waals surface area contributed by atoms with Gasteiger partial charge in [0.15, 0.2) is 5.78 Å². The summed E-state index contributed by atoms with van der Waals surface area (Å²) in [6, 6.07) is 6.49. The van der Waals surface area contributed by atoms with Crippen molar-refractivity contribution >= 4 is 37.4 Å². The molecule has 6 heteroatoms. The van der Waals surface area contributed by atoms with Gasteiger partial charge in [-0.3, -0.25) is 4.79 Å². The maximum Gasteiger partial charge on any atom is 0.282 e. The van der Waals surface area contributed by atoms with Crippen molar-refractivity contribution in [3.05, 3.63) is 51.5 Å². The highest BCUT2D eigenvalue weighted by molar-refractivity contribution is 9.12. The van der Waals surface area contributed by atoms with Crippen molar-refractivity contribution in [2.45, 2.75) is 25.7 Å². The fourth-order valence-corrected chi connectivity index (χ4v) is 3.35. The van der Waals surface area contributed by atoms with Crippen LogP contribution in [0.25, 0.3) is 0 Å². The summed E-state index contributed by atoms with van der Waals surface area (Å²) in [6.07, 6.45) is 1.38. The van der Waals surface area contributed by atoms with E-state index in [2.05, 4.69) is 20.3 Å². The maximum atomic E-state index is 12.4. The minimum absolute atomic E-state index is 0.134. The fourth-order valence-electron chi connectivity index (χ4n) is 1.94. The minimum Gasteiger partial charge on any atom is -0.289 e. The lowest BCUT2D eigenvalue weighted by molar-refractivity contribution is -0.110. The Morgan fingerprint density at radius 1 is 1.05 bits per heavy atom. The number of aryl methyl sites for hydroxylation is 1. The van der Waals surface area contributed by atoms with Crippen LogP contribution in [-0.2, 0) is 14.8 Å². The van der Waals surface area contributed by atoms with Gasteiger partial charge < -0.3 is 0 Å². The van der Waals surface area contributed by atoms with E-state index in [4.69, 9.17) is 0 Å². The summed E-state index contributed by atoms with van der Waals surface area (Å²) in [5.74, 6) is -0.184. The number of rotatable bonds is 2. The lowest BCUT2D eigenvalue weighted by atomic mass is 9.98. The third-order valence-electron chi connectivity index (χ3n) is 3.15. The Hall–Kier alpha value is -1.53. The van der Waals surface area contributed by atoms with E-state index >= 15 is 0 Å². The van der Waals surface area contributed by atoms with E-state index in [-0.39, 0.29) is 10.7 Å². The van der Waals surface area contributed by atoms with Crippen molar-refractivity contribution in [2.75, 3.05) is 0 Å². The third kappa shape index (κ3) is 3.22. The van der Waals surface area contributed by atoms with Crippen molar-refractivity contribution in [1.29, 1.82) is 0 Å². The Labute approximate surface area is 132 Å². The number of sulfonamides is 1. The lowest BCUT2D eigenvalue weighted by Gasteiger charge is -2.14. The average molecular weight is 368 g/mol. The molecule has 0 saturated carbocycles. The van der Waals surface area contributed by atoms with Gasteiger partial charge in [-0.25, -0.2) is 0 Å². The zero-order valence-corrected chi connectivity index (χ0v) is 14.2. The molecule has 0 saturated heterocycles. The standard InChI is InChI=1S/C15H14BrNO3S/c1-9-4-6-12(7-5-9)21(19,20)17-15-10(2)8-13(18)14(16)11(15)3/h4-8H,1-3H3/b17-15+. The molecule has 0 bridgehead atoms. The largest absolute Gasteiger partial charge is 0.289 e. The molecule has 1 aromatic carbocycles. The summed E-state index contributed by atoms with van der Waals surface area (Å²) >= 11 is 3.17. The molecule has 0 unspecified atom stereocenters. The Bertz CT molecular complexity index is 800. The highest BCUT2D eigenvalue weighted by Crippen LogP contribution is 2.26. The van der Waals surface area contributed by atoms with Crippen molar-refractivity contribution in [1.82, 2.24) is 0 Å². The van der Waals surface area contributed by atoms with Crippen molar-refractivity contribution < 1.29 is 13.2 Å². The highest BCUT2D eigenvalue weighted by Gasteiger charge is 2.23. The zero-order chi connectivity index (χ0) is 15.8. The second-order valence-electron chi connectivity index (χ2n) is 4.86. The summed E-state index contributed by atoms with van der Waals surface area (Å²) in [5.41, 5.74) is 2.34.